The second-order valence-electron chi connectivity index (χ2n) is 4.78. The van der Waals surface area contributed by atoms with E-state index in [9.17, 15) is 4.79 Å². The fourth-order valence-electron chi connectivity index (χ4n) is 2.41. The molecule has 1 rings (SSSR count). The molecule has 0 saturated heterocycles. The topological polar surface area (TPSA) is 40.5 Å². The van der Waals surface area contributed by atoms with Gasteiger partial charge in [0.15, 0.2) is 0 Å². The van der Waals surface area contributed by atoms with Crippen LogP contribution in [0.5, 0.6) is 0 Å². The predicted octanol–water partition coefficient (Wildman–Crippen LogP) is 2.19. The first-order chi connectivity index (χ1) is 7.72. The Morgan fingerprint density at radius 2 is 2.00 bits per heavy atom. The van der Waals surface area contributed by atoms with E-state index in [1.807, 2.05) is 4.90 Å². The number of carbonyl (C=O) groups is 1. The van der Waals surface area contributed by atoms with Gasteiger partial charge in [0.25, 0.3) is 0 Å². The standard InChI is InChI=1S/C13H25NO2/c1-3-12(4-2)14(8-9-15)13(16)10-11-6-5-7-11/h11-12,15H,3-10H2,1-2H3. The van der Waals surface area contributed by atoms with Crippen molar-refractivity contribution in [3.63, 3.8) is 0 Å². The Bertz CT molecular complexity index is 210. The molecule has 1 N–H and O–H groups in total. The molecule has 1 aliphatic carbocycles. The summed E-state index contributed by atoms with van der Waals surface area (Å²) in [7, 11) is 0. The average molecular weight is 227 g/mol. The molecular weight excluding hydrogens is 202 g/mol. The molecule has 94 valence electrons. The molecule has 1 fully saturated rings. The van der Waals surface area contributed by atoms with Crippen LogP contribution in [-0.4, -0.2) is 35.1 Å². The first kappa shape index (κ1) is 13.5. The highest BCUT2D eigenvalue weighted by molar-refractivity contribution is 5.76. The molecule has 0 unspecified atom stereocenters. The summed E-state index contributed by atoms with van der Waals surface area (Å²) in [6.07, 6.45) is 6.35. The SMILES string of the molecule is CCC(CC)N(CCO)C(=O)CC1CCC1. The van der Waals surface area contributed by atoms with Crippen LogP contribution < -0.4 is 0 Å². The highest BCUT2D eigenvalue weighted by atomic mass is 16.3. The zero-order valence-electron chi connectivity index (χ0n) is 10.6. The summed E-state index contributed by atoms with van der Waals surface area (Å²) in [5.74, 6) is 0.857. The van der Waals surface area contributed by atoms with Gasteiger partial charge in [0.2, 0.25) is 5.91 Å². The third kappa shape index (κ3) is 3.48. The lowest BCUT2D eigenvalue weighted by Crippen LogP contribution is -2.42. The van der Waals surface area contributed by atoms with Gasteiger partial charge in [-0.2, -0.15) is 0 Å². The van der Waals surface area contributed by atoms with Crippen molar-refractivity contribution in [1.29, 1.82) is 0 Å². The minimum Gasteiger partial charge on any atom is -0.395 e. The highest BCUT2D eigenvalue weighted by Crippen LogP contribution is 2.30. The molecule has 1 aliphatic rings. The molecule has 3 nitrogen and oxygen atoms in total. The number of hydrogen-bond donors (Lipinski definition) is 1. The number of rotatable bonds is 7. The van der Waals surface area contributed by atoms with Crippen LogP contribution in [0.1, 0.15) is 52.4 Å². The van der Waals surface area contributed by atoms with Crippen molar-refractivity contribution in [3.8, 4) is 0 Å². The van der Waals surface area contributed by atoms with E-state index in [4.69, 9.17) is 5.11 Å². The first-order valence-electron chi connectivity index (χ1n) is 6.63. The molecule has 0 atom stereocenters. The Labute approximate surface area is 98.8 Å². The number of amides is 1. The number of hydrogen-bond acceptors (Lipinski definition) is 2. The summed E-state index contributed by atoms with van der Waals surface area (Å²) in [6, 6.07) is 0.305. The zero-order chi connectivity index (χ0) is 12.0. The van der Waals surface area contributed by atoms with Crippen molar-refractivity contribution < 1.29 is 9.90 Å². The van der Waals surface area contributed by atoms with E-state index < -0.39 is 0 Å². The maximum absolute atomic E-state index is 12.1. The molecular formula is C13H25NO2. The van der Waals surface area contributed by atoms with Gasteiger partial charge in [-0.1, -0.05) is 20.3 Å². The quantitative estimate of drug-likeness (QED) is 0.724. The fraction of sp³-hybridized carbons (Fsp3) is 0.923. The highest BCUT2D eigenvalue weighted by Gasteiger charge is 2.26. The van der Waals surface area contributed by atoms with Crippen LogP contribution in [0.15, 0.2) is 0 Å². The summed E-state index contributed by atoms with van der Waals surface area (Å²) < 4.78 is 0. The van der Waals surface area contributed by atoms with Crippen LogP contribution >= 0.6 is 0 Å². The van der Waals surface area contributed by atoms with E-state index in [-0.39, 0.29) is 12.5 Å². The third-order valence-corrected chi connectivity index (χ3v) is 3.73. The van der Waals surface area contributed by atoms with Gasteiger partial charge in [0.05, 0.1) is 6.61 Å². The van der Waals surface area contributed by atoms with E-state index in [0.717, 1.165) is 12.8 Å². The maximum atomic E-state index is 12.1. The Hall–Kier alpha value is -0.570. The molecule has 0 aliphatic heterocycles. The monoisotopic (exact) mass is 227 g/mol. The van der Waals surface area contributed by atoms with Crippen LogP contribution in [-0.2, 0) is 4.79 Å². The molecule has 0 aromatic rings. The van der Waals surface area contributed by atoms with Gasteiger partial charge in [0.1, 0.15) is 0 Å². The molecule has 1 saturated carbocycles. The third-order valence-electron chi connectivity index (χ3n) is 3.73. The van der Waals surface area contributed by atoms with E-state index in [2.05, 4.69) is 13.8 Å². The van der Waals surface area contributed by atoms with Crippen LogP contribution in [0.2, 0.25) is 0 Å². The smallest absolute Gasteiger partial charge is 0.223 e. The van der Waals surface area contributed by atoms with Gasteiger partial charge in [0, 0.05) is 19.0 Å². The molecule has 0 aromatic heterocycles. The normalized spacial score (nSPS) is 16.2. The van der Waals surface area contributed by atoms with Crippen LogP contribution in [0.4, 0.5) is 0 Å². The molecule has 0 bridgehead atoms. The zero-order valence-corrected chi connectivity index (χ0v) is 10.6. The van der Waals surface area contributed by atoms with Gasteiger partial charge in [-0.05, 0) is 31.6 Å². The predicted molar refractivity (Wildman–Crippen MR) is 65.1 cm³/mol. The Balaban J connectivity index is 2.48. The summed E-state index contributed by atoms with van der Waals surface area (Å²) in [4.78, 5) is 14.0. The van der Waals surface area contributed by atoms with Crippen LogP contribution in [0.25, 0.3) is 0 Å². The summed E-state index contributed by atoms with van der Waals surface area (Å²) >= 11 is 0. The second-order valence-corrected chi connectivity index (χ2v) is 4.78. The van der Waals surface area contributed by atoms with Crippen molar-refractivity contribution in [3.05, 3.63) is 0 Å². The number of nitrogens with zero attached hydrogens (tertiary/aromatic N) is 1. The Morgan fingerprint density at radius 3 is 2.38 bits per heavy atom. The summed E-state index contributed by atoms with van der Waals surface area (Å²) in [5, 5.41) is 9.04. The minimum absolute atomic E-state index is 0.0763. The van der Waals surface area contributed by atoms with Crippen LogP contribution in [0.3, 0.4) is 0 Å². The van der Waals surface area contributed by atoms with Crippen molar-refractivity contribution in [1.82, 2.24) is 4.90 Å². The van der Waals surface area contributed by atoms with Gasteiger partial charge >= 0.3 is 0 Å². The largest absolute Gasteiger partial charge is 0.395 e. The molecule has 0 heterocycles. The number of aliphatic hydroxyl groups is 1. The van der Waals surface area contributed by atoms with Gasteiger partial charge in [-0.15, -0.1) is 0 Å². The van der Waals surface area contributed by atoms with Crippen molar-refractivity contribution >= 4 is 5.91 Å². The van der Waals surface area contributed by atoms with E-state index in [1.165, 1.54) is 19.3 Å². The molecule has 0 spiro atoms. The van der Waals surface area contributed by atoms with E-state index >= 15 is 0 Å². The van der Waals surface area contributed by atoms with Gasteiger partial charge < -0.3 is 10.0 Å². The van der Waals surface area contributed by atoms with Crippen molar-refractivity contribution in [2.75, 3.05) is 13.2 Å². The van der Waals surface area contributed by atoms with Gasteiger partial charge in [-0.3, -0.25) is 4.79 Å². The van der Waals surface area contributed by atoms with Crippen molar-refractivity contribution in [2.45, 2.75) is 58.4 Å². The second kappa shape index (κ2) is 6.89. The maximum Gasteiger partial charge on any atom is 0.223 e. The van der Waals surface area contributed by atoms with E-state index in [1.54, 1.807) is 0 Å². The number of aliphatic hydroxyl groups excluding tert-OH is 1. The lowest BCUT2D eigenvalue weighted by molar-refractivity contribution is -0.136. The van der Waals surface area contributed by atoms with Crippen LogP contribution in [0, 0.1) is 5.92 Å². The minimum atomic E-state index is 0.0763. The summed E-state index contributed by atoms with van der Waals surface area (Å²) in [5.41, 5.74) is 0. The van der Waals surface area contributed by atoms with Gasteiger partial charge in [-0.25, -0.2) is 0 Å². The molecule has 3 heteroatoms. The molecule has 0 aromatic carbocycles. The molecule has 1 amide bonds. The fourth-order valence-corrected chi connectivity index (χ4v) is 2.41. The first-order valence-corrected chi connectivity index (χ1v) is 6.63. The molecule has 16 heavy (non-hydrogen) atoms. The van der Waals surface area contributed by atoms with E-state index in [0.29, 0.717) is 24.9 Å². The lowest BCUT2D eigenvalue weighted by atomic mass is 9.82. The average Bonchev–Trinajstić information content (AvgIpc) is 2.23. The lowest BCUT2D eigenvalue weighted by Gasteiger charge is -2.33. The Morgan fingerprint density at radius 1 is 1.38 bits per heavy atom. The summed E-state index contributed by atoms with van der Waals surface area (Å²) in [6.45, 7) is 4.79. The number of carbonyl (C=O) groups excluding carboxylic acids is 1. The Kier molecular flexibility index (Phi) is 5.81. The van der Waals surface area contributed by atoms with Crippen molar-refractivity contribution in [2.24, 2.45) is 5.92 Å². The molecule has 0 radical (unpaired) electrons.